The molecule has 0 aliphatic carbocycles. The van der Waals surface area contributed by atoms with Gasteiger partial charge in [0.15, 0.2) is 0 Å². The van der Waals surface area contributed by atoms with Crippen LogP contribution in [0.25, 0.3) is 82.3 Å². The molecule has 0 aliphatic rings. The van der Waals surface area contributed by atoms with E-state index in [-0.39, 0.29) is 0 Å². The molecular weight excluding hydrogens is 498 g/mol. The normalized spacial score (nSPS) is 12.4. The number of rotatable bonds is 2. The topological polar surface area (TPSA) is 14.3 Å². The van der Waals surface area contributed by atoms with Crippen molar-refractivity contribution in [3.05, 3.63) is 140 Å². The molecule has 5 heterocycles. The third-order valence-electron chi connectivity index (χ3n) is 8.97. The summed E-state index contributed by atoms with van der Waals surface area (Å²) in [5.41, 5.74) is 11.1. The second kappa shape index (κ2) is 7.56. The zero-order chi connectivity index (χ0) is 26.7. The summed E-state index contributed by atoms with van der Waals surface area (Å²) in [5.74, 6) is 0. The number of fused-ring (bicyclic) bond motifs is 11. The monoisotopic (exact) mass is 521 g/mol. The van der Waals surface area contributed by atoms with Gasteiger partial charge in [-0.25, -0.2) is 0 Å². The Hall–Kier alpha value is -5.54. The van der Waals surface area contributed by atoms with Crippen LogP contribution in [0.2, 0.25) is 0 Å². The number of hydrogen-bond acceptors (Lipinski definition) is 0. The van der Waals surface area contributed by atoms with Gasteiger partial charge in [0.25, 0.3) is 0 Å². The van der Waals surface area contributed by atoms with Crippen LogP contribution in [0.5, 0.6) is 0 Å². The smallest absolute Gasteiger partial charge is 0.0810 e. The van der Waals surface area contributed by atoms with Gasteiger partial charge in [-0.05, 0) is 54.6 Å². The van der Waals surface area contributed by atoms with Crippen LogP contribution in [-0.2, 0) is 0 Å². The van der Waals surface area contributed by atoms with Gasteiger partial charge >= 0.3 is 0 Å². The molecule has 0 aliphatic heterocycles. The van der Waals surface area contributed by atoms with Crippen molar-refractivity contribution in [2.24, 2.45) is 0 Å². The molecule has 0 N–H and O–H groups in total. The third kappa shape index (κ3) is 2.59. The predicted molar refractivity (Wildman–Crippen MR) is 172 cm³/mol. The van der Waals surface area contributed by atoms with Crippen molar-refractivity contribution in [3.63, 3.8) is 0 Å². The van der Waals surface area contributed by atoms with Gasteiger partial charge in [0.1, 0.15) is 0 Å². The lowest BCUT2D eigenvalue weighted by Gasteiger charge is -2.11. The molecule has 0 saturated heterocycles. The van der Waals surface area contributed by atoms with Gasteiger partial charge in [0.2, 0.25) is 0 Å². The highest BCUT2D eigenvalue weighted by molar-refractivity contribution is 6.29. The first-order chi connectivity index (χ1) is 20.4. The Morgan fingerprint density at radius 1 is 0.293 bits per heavy atom. The van der Waals surface area contributed by atoms with Crippen LogP contribution in [0, 0.1) is 0 Å². The van der Waals surface area contributed by atoms with Gasteiger partial charge in [-0.3, -0.25) is 0 Å². The molecule has 5 aromatic carbocycles. The van der Waals surface area contributed by atoms with E-state index in [4.69, 9.17) is 0 Å². The van der Waals surface area contributed by atoms with Gasteiger partial charge < -0.3 is 13.5 Å². The molecular formula is C38H23N3. The first kappa shape index (κ1) is 21.3. The van der Waals surface area contributed by atoms with E-state index in [9.17, 15) is 0 Å². The van der Waals surface area contributed by atoms with E-state index < -0.39 is 0 Å². The molecule has 0 amide bonds. The van der Waals surface area contributed by atoms with Crippen LogP contribution < -0.4 is 0 Å². The van der Waals surface area contributed by atoms with Crippen LogP contribution in [0.15, 0.2) is 140 Å². The molecule has 0 saturated carbocycles. The minimum absolute atomic E-state index is 1.16. The Balaban J connectivity index is 1.30. The molecule has 10 aromatic rings. The summed E-state index contributed by atoms with van der Waals surface area (Å²) < 4.78 is 7.31. The van der Waals surface area contributed by atoms with Gasteiger partial charge in [-0.15, -0.1) is 0 Å². The summed E-state index contributed by atoms with van der Waals surface area (Å²) >= 11 is 0. The Kier molecular flexibility index (Phi) is 3.93. The van der Waals surface area contributed by atoms with E-state index in [0.29, 0.717) is 0 Å². The van der Waals surface area contributed by atoms with Crippen LogP contribution in [0.4, 0.5) is 0 Å². The van der Waals surface area contributed by atoms with E-state index in [2.05, 4.69) is 153 Å². The van der Waals surface area contributed by atoms with Crippen LogP contribution in [0.1, 0.15) is 0 Å². The van der Waals surface area contributed by atoms with Crippen LogP contribution >= 0.6 is 0 Å². The Bertz CT molecular complexity index is 2570. The van der Waals surface area contributed by atoms with E-state index in [1.54, 1.807) is 0 Å². The quantitative estimate of drug-likeness (QED) is 0.215. The lowest BCUT2D eigenvalue weighted by Crippen LogP contribution is -1.97. The zero-order valence-corrected chi connectivity index (χ0v) is 22.1. The average molecular weight is 522 g/mol. The zero-order valence-electron chi connectivity index (χ0n) is 22.1. The number of benzene rings is 5. The lowest BCUT2D eigenvalue weighted by atomic mass is 10.1. The summed E-state index contributed by atoms with van der Waals surface area (Å²) in [6, 6.07) is 50.8. The van der Waals surface area contributed by atoms with E-state index in [1.165, 1.54) is 76.6 Å². The number of nitrogens with zero attached hydrogens (tertiary/aromatic N) is 3. The minimum Gasteiger partial charge on any atom is -0.309 e. The molecule has 0 bridgehead atoms. The number of para-hydroxylation sites is 3. The Labute approximate surface area is 235 Å². The summed E-state index contributed by atoms with van der Waals surface area (Å²) in [5, 5.41) is 7.76. The van der Waals surface area contributed by atoms with Gasteiger partial charge in [0, 0.05) is 43.7 Å². The van der Waals surface area contributed by atoms with Crippen molar-refractivity contribution in [2.75, 3.05) is 0 Å². The Morgan fingerprint density at radius 2 is 0.732 bits per heavy atom. The molecule has 0 unspecified atom stereocenters. The lowest BCUT2D eigenvalue weighted by molar-refractivity contribution is 1.15. The highest BCUT2D eigenvalue weighted by Gasteiger charge is 2.23. The van der Waals surface area contributed by atoms with E-state index in [0.717, 1.165) is 5.69 Å². The predicted octanol–water partition coefficient (Wildman–Crippen LogP) is 9.88. The molecule has 10 rings (SSSR count). The number of pyridine rings is 1. The summed E-state index contributed by atoms with van der Waals surface area (Å²) in [6.45, 7) is 0. The molecule has 190 valence electrons. The van der Waals surface area contributed by atoms with E-state index >= 15 is 0 Å². The fourth-order valence-corrected chi connectivity index (χ4v) is 7.37. The highest BCUT2D eigenvalue weighted by Crippen LogP contribution is 2.44. The fraction of sp³-hybridized carbons (Fsp3) is 0. The second-order valence-corrected chi connectivity index (χ2v) is 11.0. The average Bonchev–Trinajstić information content (AvgIpc) is 3.75. The maximum absolute atomic E-state index is 2.47. The van der Waals surface area contributed by atoms with Crippen molar-refractivity contribution in [2.45, 2.75) is 0 Å². The first-order valence-corrected chi connectivity index (χ1v) is 14.1. The maximum atomic E-state index is 2.47. The van der Waals surface area contributed by atoms with Crippen LogP contribution in [0.3, 0.4) is 0 Å². The second-order valence-electron chi connectivity index (χ2n) is 11.0. The molecule has 5 aromatic heterocycles. The summed E-state index contributed by atoms with van der Waals surface area (Å²) in [6.07, 6.45) is 0. The SMILES string of the molecule is c1ccc2c(c1)c1ccccc1n2-c1ccc(-n2c3ccccc3c3c2c2c4ccccc4c4cccc3n42)cc1. The van der Waals surface area contributed by atoms with Crippen molar-refractivity contribution in [3.8, 4) is 11.4 Å². The van der Waals surface area contributed by atoms with Crippen molar-refractivity contribution < 1.29 is 0 Å². The van der Waals surface area contributed by atoms with Crippen molar-refractivity contribution in [1.82, 2.24) is 13.5 Å². The molecule has 3 heteroatoms. The van der Waals surface area contributed by atoms with E-state index in [1.807, 2.05) is 0 Å². The number of aromatic nitrogens is 3. The largest absolute Gasteiger partial charge is 0.309 e. The molecule has 41 heavy (non-hydrogen) atoms. The third-order valence-corrected chi connectivity index (χ3v) is 8.97. The summed E-state index contributed by atoms with van der Waals surface area (Å²) in [7, 11) is 0. The molecule has 0 fully saturated rings. The van der Waals surface area contributed by atoms with Gasteiger partial charge in [0.05, 0.1) is 38.6 Å². The Morgan fingerprint density at radius 3 is 1.37 bits per heavy atom. The number of hydrogen-bond donors (Lipinski definition) is 0. The van der Waals surface area contributed by atoms with Gasteiger partial charge in [-0.1, -0.05) is 84.9 Å². The summed E-state index contributed by atoms with van der Waals surface area (Å²) in [4.78, 5) is 0. The molecule has 0 radical (unpaired) electrons. The first-order valence-electron chi connectivity index (χ1n) is 14.1. The standard InChI is InChI=1S/C38H23N3/c1-2-13-29-28(12-1)33-18-9-19-35-36-30-14-5-8-17-34(30)40(38(36)37(29)41(33)35)25-22-20-24(21-23-25)39-31-15-6-3-10-26(31)27-11-4-7-16-32(27)39/h1-23H. The minimum atomic E-state index is 1.16. The van der Waals surface area contributed by atoms with Gasteiger partial charge in [-0.2, -0.15) is 0 Å². The maximum Gasteiger partial charge on any atom is 0.0810 e. The van der Waals surface area contributed by atoms with Crippen LogP contribution in [-0.4, -0.2) is 13.5 Å². The highest BCUT2D eigenvalue weighted by atomic mass is 15.0. The molecule has 0 spiro atoms. The van der Waals surface area contributed by atoms with Crippen molar-refractivity contribution in [1.29, 1.82) is 0 Å². The molecule has 0 atom stereocenters. The molecule has 3 nitrogen and oxygen atoms in total. The van der Waals surface area contributed by atoms with Crippen molar-refractivity contribution >= 4 is 70.9 Å². The fourth-order valence-electron chi connectivity index (χ4n) is 7.37.